The Kier molecular flexibility index (Phi) is 6.90. The van der Waals surface area contributed by atoms with E-state index in [1.165, 1.54) is 10.7 Å². The lowest BCUT2D eigenvalue weighted by atomic mass is 9.96. The third-order valence-electron chi connectivity index (χ3n) is 5.65. The van der Waals surface area contributed by atoms with E-state index >= 15 is 0 Å². The number of anilines is 1. The molecule has 1 aliphatic rings. The first-order chi connectivity index (χ1) is 15.5. The number of nitrogens with one attached hydrogen (secondary N) is 1. The number of methoxy groups -OCH3 is 1. The van der Waals surface area contributed by atoms with Crippen LogP contribution in [0.5, 0.6) is 5.75 Å². The van der Waals surface area contributed by atoms with Crippen LogP contribution in [0.2, 0.25) is 0 Å². The van der Waals surface area contributed by atoms with Crippen LogP contribution in [0.4, 0.5) is 5.82 Å². The Balaban J connectivity index is 1.37. The molecule has 32 heavy (non-hydrogen) atoms. The van der Waals surface area contributed by atoms with Crippen LogP contribution in [0.1, 0.15) is 18.4 Å². The quantitative estimate of drug-likeness (QED) is 0.564. The molecule has 1 aromatic heterocycles. The lowest BCUT2D eigenvalue weighted by Gasteiger charge is -2.32. The molecule has 0 spiro atoms. The van der Waals surface area contributed by atoms with Gasteiger partial charge in [0.15, 0.2) is 0 Å². The summed E-state index contributed by atoms with van der Waals surface area (Å²) in [7, 11) is 1.60. The highest BCUT2D eigenvalue weighted by molar-refractivity contribution is 9.10. The Hall–Kier alpha value is -3.13. The lowest BCUT2D eigenvalue weighted by Crippen LogP contribution is -2.41. The summed E-state index contributed by atoms with van der Waals surface area (Å²) in [6.07, 6.45) is 1.49. The van der Waals surface area contributed by atoms with Gasteiger partial charge in [-0.15, -0.1) is 5.10 Å². The zero-order chi connectivity index (χ0) is 22.5. The third-order valence-corrected chi connectivity index (χ3v) is 6.14. The third kappa shape index (κ3) is 5.19. The second kappa shape index (κ2) is 9.99. The normalized spacial score (nSPS) is 14.2. The van der Waals surface area contributed by atoms with Gasteiger partial charge in [-0.25, -0.2) is 0 Å². The van der Waals surface area contributed by atoms with Crippen molar-refractivity contribution >= 4 is 27.7 Å². The fourth-order valence-corrected chi connectivity index (χ4v) is 4.28. The number of rotatable bonds is 6. The van der Waals surface area contributed by atoms with Crippen LogP contribution in [0.3, 0.4) is 0 Å². The van der Waals surface area contributed by atoms with E-state index in [9.17, 15) is 9.59 Å². The van der Waals surface area contributed by atoms with Crippen LogP contribution >= 0.6 is 15.9 Å². The van der Waals surface area contributed by atoms with Crippen molar-refractivity contribution < 1.29 is 9.53 Å². The number of nitrogens with zero attached hydrogens (tertiary/aromatic N) is 3. The molecule has 0 aliphatic carbocycles. The van der Waals surface area contributed by atoms with Crippen molar-refractivity contribution in [2.24, 2.45) is 5.92 Å². The van der Waals surface area contributed by atoms with Crippen molar-refractivity contribution in [3.8, 4) is 11.4 Å². The summed E-state index contributed by atoms with van der Waals surface area (Å²) in [5.41, 5.74) is 1.55. The average molecular weight is 497 g/mol. The molecule has 2 aromatic carbocycles. The largest absolute Gasteiger partial charge is 0.497 e. The number of amides is 1. The van der Waals surface area contributed by atoms with Crippen molar-refractivity contribution in [1.29, 1.82) is 0 Å². The van der Waals surface area contributed by atoms with E-state index in [0.29, 0.717) is 25.3 Å². The van der Waals surface area contributed by atoms with Crippen LogP contribution in [0.25, 0.3) is 5.69 Å². The number of benzene rings is 2. The summed E-state index contributed by atoms with van der Waals surface area (Å²) < 4.78 is 7.58. The molecule has 1 N–H and O–H groups in total. The summed E-state index contributed by atoms with van der Waals surface area (Å²) in [6, 6.07) is 18.4. The number of carbonyl (C=O) groups is 1. The van der Waals surface area contributed by atoms with E-state index in [2.05, 4.69) is 31.2 Å². The SMILES string of the molecule is COc1ccc(-n2nc(N3CCC(C(=O)NCc4cccc(Br)c4)CC3)ccc2=O)cc1. The molecule has 0 saturated carbocycles. The number of hydrogen-bond donors (Lipinski definition) is 1. The molecule has 0 radical (unpaired) electrons. The molecule has 0 bridgehead atoms. The molecule has 1 fully saturated rings. The van der Waals surface area contributed by atoms with Gasteiger partial charge in [0.1, 0.15) is 11.6 Å². The maximum Gasteiger partial charge on any atom is 0.271 e. The summed E-state index contributed by atoms with van der Waals surface area (Å²) in [4.78, 5) is 27.1. The zero-order valence-electron chi connectivity index (χ0n) is 17.8. The van der Waals surface area contributed by atoms with Gasteiger partial charge in [0.2, 0.25) is 5.91 Å². The number of carbonyl (C=O) groups excluding carboxylic acids is 1. The number of ether oxygens (including phenoxy) is 1. The maximum atomic E-state index is 12.6. The van der Waals surface area contributed by atoms with Crippen molar-refractivity contribution in [2.45, 2.75) is 19.4 Å². The summed E-state index contributed by atoms with van der Waals surface area (Å²) >= 11 is 3.45. The standard InChI is InChI=1S/C24H25BrN4O3/c1-32-21-7-5-20(6-8-21)29-23(30)10-9-22(27-29)28-13-11-18(12-14-28)24(31)26-16-17-3-2-4-19(25)15-17/h2-10,15,18H,11-14,16H2,1H3,(H,26,31). The molecule has 0 unspecified atom stereocenters. The van der Waals surface area contributed by atoms with Crippen LogP contribution in [0, 0.1) is 5.92 Å². The highest BCUT2D eigenvalue weighted by Crippen LogP contribution is 2.22. The molecule has 2 heterocycles. The van der Waals surface area contributed by atoms with Gasteiger partial charge in [0, 0.05) is 36.1 Å². The van der Waals surface area contributed by atoms with E-state index in [4.69, 9.17) is 4.74 Å². The lowest BCUT2D eigenvalue weighted by molar-refractivity contribution is -0.125. The Morgan fingerprint density at radius 2 is 1.88 bits per heavy atom. The summed E-state index contributed by atoms with van der Waals surface area (Å²) in [5.74, 6) is 1.51. The molecule has 166 valence electrons. The second-order valence-corrected chi connectivity index (χ2v) is 8.66. The van der Waals surface area contributed by atoms with Gasteiger partial charge in [0.05, 0.1) is 12.8 Å². The topological polar surface area (TPSA) is 76.5 Å². The predicted molar refractivity (Wildman–Crippen MR) is 127 cm³/mol. The summed E-state index contributed by atoms with van der Waals surface area (Å²) in [6.45, 7) is 1.94. The van der Waals surface area contributed by atoms with Crippen LogP contribution < -0.4 is 20.5 Å². The number of aromatic nitrogens is 2. The van der Waals surface area contributed by atoms with Crippen LogP contribution in [-0.4, -0.2) is 35.9 Å². The van der Waals surface area contributed by atoms with Crippen LogP contribution in [0.15, 0.2) is 69.9 Å². The molecule has 1 saturated heterocycles. The van der Waals surface area contributed by atoms with Gasteiger partial charge in [-0.2, -0.15) is 4.68 Å². The monoisotopic (exact) mass is 496 g/mol. The first-order valence-corrected chi connectivity index (χ1v) is 11.3. The van der Waals surface area contributed by atoms with Gasteiger partial charge in [-0.05, 0) is 60.9 Å². The van der Waals surface area contributed by atoms with Crippen molar-refractivity contribution in [1.82, 2.24) is 15.1 Å². The van der Waals surface area contributed by atoms with Gasteiger partial charge >= 0.3 is 0 Å². The smallest absolute Gasteiger partial charge is 0.271 e. The first-order valence-electron chi connectivity index (χ1n) is 10.6. The molecule has 4 rings (SSSR count). The minimum absolute atomic E-state index is 0.0223. The van der Waals surface area contributed by atoms with E-state index in [-0.39, 0.29) is 17.4 Å². The molecule has 3 aromatic rings. The van der Waals surface area contributed by atoms with E-state index in [1.54, 1.807) is 37.4 Å². The van der Waals surface area contributed by atoms with Crippen molar-refractivity contribution in [3.05, 3.63) is 81.1 Å². The molecule has 0 atom stereocenters. The zero-order valence-corrected chi connectivity index (χ0v) is 19.4. The van der Waals surface area contributed by atoms with Gasteiger partial charge in [-0.1, -0.05) is 28.1 Å². The molecular formula is C24H25BrN4O3. The first kappa shape index (κ1) is 22.1. The van der Waals surface area contributed by atoms with E-state index in [0.717, 1.165) is 34.4 Å². The summed E-state index contributed by atoms with van der Waals surface area (Å²) in [5, 5.41) is 7.61. The maximum absolute atomic E-state index is 12.6. The highest BCUT2D eigenvalue weighted by atomic mass is 79.9. The fourth-order valence-electron chi connectivity index (χ4n) is 3.83. The fraction of sp³-hybridized carbons (Fsp3) is 0.292. The minimum Gasteiger partial charge on any atom is -0.497 e. The molecule has 7 nitrogen and oxygen atoms in total. The Labute approximate surface area is 195 Å². The predicted octanol–water partition coefficient (Wildman–Crippen LogP) is 3.54. The molecule has 1 aliphatic heterocycles. The van der Waals surface area contributed by atoms with Gasteiger partial charge in [0.25, 0.3) is 5.56 Å². The molecular weight excluding hydrogens is 472 g/mol. The van der Waals surface area contributed by atoms with Gasteiger partial charge < -0.3 is 15.0 Å². The van der Waals surface area contributed by atoms with Gasteiger partial charge in [-0.3, -0.25) is 9.59 Å². The second-order valence-electron chi connectivity index (χ2n) is 7.75. The number of hydrogen-bond acceptors (Lipinski definition) is 5. The average Bonchev–Trinajstić information content (AvgIpc) is 2.83. The Morgan fingerprint density at radius 1 is 1.12 bits per heavy atom. The Morgan fingerprint density at radius 3 is 2.56 bits per heavy atom. The van der Waals surface area contributed by atoms with E-state index < -0.39 is 0 Å². The molecule has 8 heteroatoms. The van der Waals surface area contributed by atoms with Crippen molar-refractivity contribution in [2.75, 3.05) is 25.1 Å². The minimum atomic E-state index is -0.194. The van der Waals surface area contributed by atoms with Crippen LogP contribution in [-0.2, 0) is 11.3 Å². The van der Waals surface area contributed by atoms with E-state index in [1.807, 2.05) is 24.3 Å². The highest BCUT2D eigenvalue weighted by Gasteiger charge is 2.25. The van der Waals surface area contributed by atoms with Crippen molar-refractivity contribution in [3.63, 3.8) is 0 Å². The Bertz CT molecular complexity index is 1140. The number of halogens is 1. The molecule has 1 amide bonds. The number of piperidine rings is 1.